The first-order chi connectivity index (χ1) is 20.5. The molecule has 0 aliphatic carbocycles. The molecule has 1 fully saturated rings. The topological polar surface area (TPSA) is 240 Å². The highest BCUT2D eigenvalue weighted by molar-refractivity contribution is 8.07. The fourth-order valence-electron chi connectivity index (χ4n) is 3.74. The van der Waals surface area contributed by atoms with Crippen molar-refractivity contribution in [2.45, 2.75) is 30.1 Å². The standard InChI is InChI=1S/C22H19N7O6S4.CH4.H2NO2P/c1-3-35-26-13(16-25-21(34)39-27-16)17(30)24-14-18(31)29-15(20(32)33)12(9-36-19(14)29)38-22-23-11(8-37-22)10-4-6-28(2)7-5-10;;1-4(2)3/h4-8,14,19H,3,9H2,1-2H3,(H2-,24,25,27,30,32,33,34);1H4;(H2,1,2,3)/b26-13-;;/t14?,19-;;/m1../s1. The molecule has 0 radical (unpaired) electrons. The molecule has 0 spiro atoms. The lowest BCUT2D eigenvalue weighted by Crippen LogP contribution is -2.71. The molecule has 0 aromatic carbocycles. The van der Waals surface area contributed by atoms with E-state index in [4.69, 9.17) is 14.3 Å². The molecular weight excluding hydrogens is 676 g/mol. The number of carbonyl (C=O) groups excluding carboxylic acids is 3. The number of aryl methyl sites for hydroxylation is 1. The summed E-state index contributed by atoms with van der Waals surface area (Å²) >= 11 is 4.45. The van der Waals surface area contributed by atoms with Gasteiger partial charge in [0.25, 0.3) is 11.8 Å². The number of aromatic nitrogens is 4. The van der Waals surface area contributed by atoms with Gasteiger partial charge < -0.3 is 24.9 Å². The first kappa shape index (κ1) is 35.0. The van der Waals surface area contributed by atoms with Crippen LogP contribution >= 0.6 is 54.6 Å². The van der Waals surface area contributed by atoms with Gasteiger partial charge in [0, 0.05) is 45.3 Å². The second-order valence-electron chi connectivity index (χ2n) is 8.36. The molecule has 4 N–H and O–H groups in total. The monoisotopic (exact) mass is 700 g/mol. The summed E-state index contributed by atoms with van der Waals surface area (Å²) in [6.45, 7) is 1.82. The zero-order valence-electron chi connectivity index (χ0n) is 22.1. The van der Waals surface area contributed by atoms with Crippen molar-refractivity contribution in [2.24, 2.45) is 17.7 Å². The first-order valence-corrected chi connectivity index (χ1v) is 16.7. The Morgan fingerprint density at radius 3 is 2.64 bits per heavy atom. The minimum Gasteiger partial charge on any atom is -0.578 e. The lowest BCUT2D eigenvalue weighted by atomic mass is 10.0. The minimum atomic E-state index is -2.62. The number of aromatic amines is 1. The maximum absolute atomic E-state index is 13.0. The van der Waals surface area contributed by atoms with Gasteiger partial charge in [0.1, 0.15) is 25.1 Å². The van der Waals surface area contributed by atoms with Crippen LogP contribution in [-0.2, 0) is 30.8 Å². The van der Waals surface area contributed by atoms with Crippen LogP contribution in [0, 0.1) is 0 Å². The zero-order chi connectivity index (χ0) is 31.3. The molecule has 3 aromatic rings. The largest absolute Gasteiger partial charge is 0.578 e. The maximum atomic E-state index is 13.0. The van der Waals surface area contributed by atoms with Gasteiger partial charge in [0.2, 0.25) is 5.71 Å². The maximum Gasteiger partial charge on any atom is 0.405 e. The number of oxime groups is 1. The first-order valence-electron chi connectivity index (χ1n) is 11.9. The molecule has 0 saturated carbocycles. The van der Waals surface area contributed by atoms with Crippen LogP contribution in [0.4, 0.5) is 0 Å². The van der Waals surface area contributed by atoms with E-state index < -0.39 is 42.3 Å². The van der Waals surface area contributed by atoms with Crippen LogP contribution in [0.2, 0.25) is 0 Å². The number of amides is 2. The quantitative estimate of drug-likeness (QED) is 0.0822. The number of nitrogens with one attached hydrogen (secondary N) is 2. The van der Waals surface area contributed by atoms with E-state index in [0.29, 0.717) is 20.8 Å². The molecule has 2 amide bonds. The number of β-lactam (4-membered cyclic amide) rings is 1. The number of thiazole rings is 1. The van der Waals surface area contributed by atoms with E-state index in [2.05, 4.69) is 30.3 Å². The molecule has 5 heterocycles. The number of pyridine rings is 1. The number of carboxylic acids is 1. The third-order valence-electron chi connectivity index (χ3n) is 5.55. The number of carbonyl (C=O) groups is 3. The van der Waals surface area contributed by atoms with Crippen molar-refractivity contribution in [3.8, 4) is 11.3 Å². The Bertz CT molecular complexity index is 1670. The number of nitrogens with two attached hydrogens (primary N) is 1. The second-order valence-corrected chi connectivity index (χ2v) is 13.0. The number of fused-ring (bicyclic) bond motifs is 1. The Hall–Kier alpha value is -3.52. The number of rotatable bonds is 9. The average Bonchev–Trinajstić information content (AvgIpc) is 3.60. The fourth-order valence-corrected chi connectivity index (χ4v) is 7.64. The van der Waals surface area contributed by atoms with E-state index >= 15 is 0 Å². The smallest absolute Gasteiger partial charge is 0.405 e. The highest BCUT2D eigenvalue weighted by Gasteiger charge is 2.53. The average molecular weight is 701 g/mol. The van der Waals surface area contributed by atoms with Gasteiger partial charge in [-0.3, -0.25) is 24.3 Å². The fraction of sp³-hybridized carbons (Fsp3) is 0.304. The molecule has 234 valence electrons. The SMILES string of the molecule is C.CCO/N=C(\C(=O)NC1C(=O)N2C(C(=O)[O-])=C(Sc3nc(-c4cc[n+](C)cc4)cs3)CS[C@H]12)c1nsc(=O)[nH]1.N[P+](=O)[O-]. The lowest BCUT2D eigenvalue weighted by molar-refractivity contribution is -0.671. The predicted molar refractivity (Wildman–Crippen MR) is 161 cm³/mol. The predicted octanol–water partition coefficient (Wildman–Crippen LogP) is -0.727. The highest BCUT2D eigenvalue weighted by Crippen LogP contribution is 2.45. The van der Waals surface area contributed by atoms with E-state index in [1.807, 2.05) is 41.5 Å². The van der Waals surface area contributed by atoms with E-state index in [9.17, 15) is 24.3 Å². The van der Waals surface area contributed by atoms with Gasteiger partial charge in [-0.2, -0.15) is 4.37 Å². The summed E-state index contributed by atoms with van der Waals surface area (Å²) in [5.41, 5.74) is 5.20. The van der Waals surface area contributed by atoms with Gasteiger partial charge in [-0.15, -0.1) is 28.6 Å². The normalized spacial score (nSPS) is 17.8. The number of hydrogen-bond acceptors (Lipinski definition) is 15. The van der Waals surface area contributed by atoms with Crippen LogP contribution in [-0.4, -0.2) is 66.5 Å². The van der Waals surface area contributed by atoms with Crippen LogP contribution in [0.25, 0.3) is 11.3 Å². The lowest BCUT2D eigenvalue weighted by Gasteiger charge is -2.50. The zero-order valence-corrected chi connectivity index (χ0v) is 26.3. The van der Waals surface area contributed by atoms with Crippen LogP contribution in [0.3, 0.4) is 0 Å². The molecule has 5 rings (SSSR count). The molecular formula is C23H25N8O8PS4. The molecule has 2 aliphatic heterocycles. The molecule has 44 heavy (non-hydrogen) atoms. The summed E-state index contributed by atoms with van der Waals surface area (Å²) in [6.07, 6.45) is 3.81. The number of H-pyrrole nitrogens is 1. The van der Waals surface area contributed by atoms with Crippen molar-refractivity contribution in [1.82, 2.24) is 24.6 Å². The van der Waals surface area contributed by atoms with Crippen LogP contribution in [0.15, 0.2) is 54.8 Å². The van der Waals surface area contributed by atoms with Crippen molar-refractivity contribution in [3.63, 3.8) is 0 Å². The van der Waals surface area contributed by atoms with Crippen LogP contribution in [0.1, 0.15) is 20.2 Å². The number of nitrogens with zero attached hydrogens (tertiary/aromatic N) is 5. The summed E-state index contributed by atoms with van der Waals surface area (Å²) in [5, 5.41) is 19.6. The number of thioether (sulfide) groups is 2. The van der Waals surface area contributed by atoms with Crippen molar-refractivity contribution in [3.05, 3.63) is 56.0 Å². The third-order valence-corrected chi connectivity index (χ3v) is 9.57. The summed E-state index contributed by atoms with van der Waals surface area (Å²) in [4.78, 5) is 71.4. The van der Waals surface area contributed by atoms with Crippen molar-refractivity contribution >= 4 is 78.1 Å². The highest BCUT2D eigenvalue weighted by atomic mass is 32.2. The van der Waals surface area contributed by atoms with Crippen LogP contribution in [0.5, 0.6) is 0 Å². The summed E-state index contributed by atoms with van der Waals surface area (Å²) in [7, 11) is -0.706. The van der Waals surface area contributed by atoms with E-state index in [-0.39, 0.29) is 37.0 Å². The number of hydrogen-bond donors (Lipinski definition) is 3. The molecule has 2 unspecified atom stereocenters. The van der Waals surface area contributed by atoms with Crippen molar-refractivity contribution in [1.29, 1.82) is 0 Å². The Labute approximate surface area is 267 Å². The van der Waals surface area contributed by atoms with Gasteiger partial charge in [-0.1, -0.05) is 28.9 Å². The Morgan fingerprint density at radius 2 is 2.05 bits per heavy atom. The molecule has 0 bridgehead atoms. The van der Waals surface area contributed by atoms with Crippen LogP contribution < -0.4 is 30.3 Å². The summed E-state index contributed by atoms with van der Waals surface area (Å²) in [5.74, 6) is -2.74. The molecule has 3 aromatic heterocycles. The van der Waals surface area contributed by atoms with Crippen molar-refractivity contribution < 1.29 is 38.4 Å². The van der Waals surface area contributed by atoms with Gasteiger partial charge in [-0.05, 0) is 6.92 Å². The number of aliphatic carboxylic acids is 1. The van der Waals surface area contributed by atoms with E-state index in [1.54, 1.807) is 6.92 Å². The molecule has 3 atom stereocenters. The summed E-state index contributed by atoms with van der Waals surface area (Å²) in [6, 6.07) is 2.84. The molecule has 2 aliphatic rings. The molecule has 1 saturated heterocycles. The molecule has 16 nitrogen and oxygen atoms in total. The molecule has 21 heteroatoms. The Morgan fingerprint density at radius 1 is 1.36 bits per heavy atom. The van der Waals surface area contributed by atoms with Crippen molar-refractivity contribution in [2.75, 3.05) is 12.4 Å². The van der Waals surface area contributed by atoms with E-state index in [0.717, 1.165) is 16.2 Å². The van der Waals surface area contributed by atoms with Gasteiger partial charge in [0.15, 0.2) is 22.6 Å². The van der Waals surface area contributed by atoms with Gasteiger partial charge >= 0.3 is 13.1 Å². The Kier molecular flexibility index (Phi) is 12.3. The number of carboxylic acid groups (broad SMARTS) is 1. The van der Waals surface area contributed by atoms with Gasteiger partial charge in [-0.25, -0.2) is 9.55 Å². The second kappa shape index (κ2) is 15.5. The van der Waals surface area contributed by atoms with Gasteiger partial charge in [0.05, 0.1) is 17.4 Å². The minimum absolute atomic E-state index is 0. The third kappa shape index (κ3) is 8.14. The van der Waals surface area contributed by atoms with E-state index in [1.165, 1.54) is 34.9 Å². The Balaban J connectivity index is 0.000000998. The summed E-state index contributed by atoms with van der Waals surface area (Å²) < 4.78 is 15.2.